The first-order chi connectivity index (χ1) is 10.1. The molecule has 0 radical (unpaired) electrons. The predicted molar refractivity (Wildman–Crippen MR) is 81.8 cm³/mol. The third-order valence-corrected chi connectivity index (χ3v) is 3.60. The molecule has 2 rings (SSSR count). The van der Waals surface area contributed by atoms with E-state index in [2.05, 4.69) is 20.9 Å². The molecular formula is C14H17BrN2O4. The van der Waals surface area contributed by atoms with Gasteiger partial charge in [0.2, 0.25) is 0 Å². The minimum absolute atomic E-state index is 0.125. The maximum absolute atomic E-state index is 12.2. The number of fused-ring (bicyclic) bond motifs is 1. The molecule has 0 saturated heterocycles. The number of aryl methyl sites for hydroxylation is 1. The quantitative estimate of drug-likeness (QED) is 0.452. The Morgan fingerprint density at radius 3 is 2.86 bits per heavy atom. The molecule has 0 unspecified atom stereocenters. The van der Waals surface area contributed by atoms with Crippen molar-refractivity contribution in [1.29, 1.82) is 0 Å². The van der Waals surface area contributed by atoms with Crippen LogP contribution in [0.1, 0.15) is 23.0 Å². The highest BCUT2D eigenvalue weighted by Gasteiger charge is 2.22. The molecule has 0 spiro atoms. The van der Waals surface area contributed by atoms with Crippen molar-refractivity contribution in [1.82, 2.24) is 9.55 Å². The van der Waals surface area contributed by atoms with E-state index in [1.165, 1.54) is 0 Å². The van der Waals surface area contributed by atoms with Gasteiger partial charge in [-0.2, -0.15) is 0 Å². The summed E-state index contributed by atoms with van der Waals surface area (Å²) in [6, 6.07) is 1.78. The summed E-state index contributed by atoms with van der Waals surface area (Å²) in [6.45, 7) is 2.23. The van der Waals surface area contributed by atoms with Crippen LogP contribution < -0.4 is 4.74 Å². The summed E-state index contributed by atoms with van der Waals surface area (Å²) in [5, 5.41) is 1.24. The normalized spacial score (nSPS) is 10.9. The number of rotatable bonds is 6. The van der Waals surface area contributed by atoms with E-state index in [1.54, 1.807) is 26.3 Å². The zero-order valence-corrected chi connectivity index (χ0v) is 13.8. The van der Waals surface area contributed by atoms with Gasteiger partial charge < -0.3 is 18.8 Å². The maximum atomic E-state index is 12.2. The zero-order valence-electron chi connectivity index (χ0n) is 12.2. The Bertz CT molecular complexity index is 654. The van der Waals surface area contributed by atoms with Crippen LogP contribution in [0.3, 0.4) is 0 Å². The molecule has 0 bridgehead atoms. The highest BCUT2D eigenvalue weighted by Crippen LogP contribution is 2.29. The van der Waals surface area contributed by atoms with Crippen molar-refractivity contribution in [3.63, 3.8) is 0 Å². The van der Waals surface area contributed by atoms with Crippen molar-refractivity contribution in [3.05, 3.63) is 23.5 Å². The van der Waals surface area contributed by atoms with Gasteiger partial charge in [0.05, 0.1) is 18.4 Å². The molecule has 0 saturated carbocycles. The van der Waals surface area contributed by atoms with Crippen molar-refractivity contribution in [3.8, 4) is 5.75 Å². The van der Waals surface area contributed by atoms with Crippen LogP contribution in [0.25, 0.3) is 11.0 Å². The van der Waals surface area contributed by atoms with Gasteiger partial charge >= 0.3 is 5.97 Å². The second kappa shape index (κ2) is 6.91. The van der Waals surface area contributed by atoms with E-state index >= 15 is 0 Å². The molecule has 2 aromatic heterocycles. The van der Waals surface area contributed by atoms with E-state index in [0.29, 0.717) is 34.3 Å². The lowest BCUT2D eigenvalue weighted by Crippen LogP contribution is -2.07. The molecule has 0 aliphatic carbocycles. The second-order valence-electron chi connectivity index (χ2n) is 4.33. The number of carbonyl (C=O) groups is 1. The van der Waals surface area contributed by atoms with Crippen LogP contribution in [0, 0.1) is 0 Å². The third kappa shape index (κ3) is 3.03. The molecule has 0 aliphatic heterocycles. The van der Waals surface area contributed by atoms with Crippen molar-refractivity contribution in [2.24, 2.45) is 7.05 Å². The number of hydrogen-bond donors (Lipinski definition) is 0. The molecule has 114 valence electrons. The van der Waals surface area contributed by atoms with E-state index in [-0.39, 0.29) is 12.8 Å². The minimum Gasteiger partial charge on any atom is -0.466 e. The molecule has 0 amide bonds. The van der Waals surface area contributed by atoms with Gasteiger partial charge in [-0.25, -0.2) is 9.78 Å². The molecular weight excluding hydrogens is 340 g/mol. The van der Waals surface area contributed by atoms with Gasteiger partial charge in [-0.1, -0.05) is 15.9 Å². The topological polar surface area (TPSA) is 62.6 Å². The van der Waals surface area contributed by atoms with E-state index < -0.39 is 0 Å². The Labute approximate surface area is 131 Å². The number of ether oxygens (including phenoxy) is 3. The summed E-state index contributed by atoms with van der Waals surface area (Å²) in [7, 11) is 3.41. The lowest BCUT2D eigenvalue weighted by molar-refractivity contribution is 0.0510. The fourth-order valence-electron chi connectivity index (χ4n) is 2.13. The van der Waals surface area contributed by atoms with Crippen LogP contribution in [0.15, 0.2) is 12.3 Å². The summed E-state index contributed by atoms with van der Waals surface area (Å²) in [4.78, 5) is 16.6. The fourth-order valence-corrected chi connectivity index (χ4v) is 2.79. The number of esters is 1. The van der Waals surface area contributed by atoms with Gasteiger partial charge in [0.15, 0.2) is 6.79 Å². The Morgan fingerprint density at radius 2 is 2.24 bits per heavy atom. The summed E-state index contributed by atoms with van der Waals surface area (Å²) in [5.74, 6) is 0.185. The smallest absolute Gasteiger partial charge is 0.340 e. The number of carbonyl (C=O) groups excluding carboxylic acids is 1. The van der Waals surface area contributed by atoms with Gasteiger partial charge in [0.1, 0.15) is 11.4 Å². The van der Waals surface area contributed by atoms with E-state index in [1.807, 2.05) is 11.6 Å². The van der Waals surface area contributed by atoms with Gasteiger partial charge in [-0.3, -0.25) is 0 Å². The van der Waals surface area contributed by atoms with Crippen molar-refractivity contribution >= 4 is 32.9 Å². The molecule has 0 aliphatic rings. The molecule has 0 atom stereocenters. The number of nitrogens with zero attached hydrogens (tertiary/aromatic N) is 2. The van der Waals surface area contributed by atoms with Crippen molar-refractivity contribution in [2.45, 2.75) is 12.3 Å². The van der Waals surface area contributed by atoms with E-state index in [4.69, 9.17) is 14.2 Å². The van der Waals surface area contributed by atoms with Crippen LogP contribution in [0.5, 0.6) is 5.75 Å². The second-order valence-corrected chi connectivity index (χ2v) is 4.89. The maximum Gasteiger partial charge on any atom is 0.340 e. The summed E-state index contributed by atoms with van der Waals surface area (Å²) in [5.41, 5.74) is 2.04. The average Bonchev–Trinajstić information content (AvgIpc) is 2.77. The van der Waals surface area contributed by atoms with E-state index in [0.717, 1.165) is 5.69 Å². The molecule has 2 aromatic rings. The number of methoxy groups -OCH3 is 1. The monoisotopic (exact) mass is 356 g/mol. The highest BCUT2D eigenvalue weighted by atomic mass is 79.9. The summed E-state index contributed by atoms with van der Waals surface area (Å²) in [6.07, 6.45) is 1.61. The zero-order chi connectivity index (χ0) is 15.4. The molecule has 6 nitrogen and oxygen atoms in total. The van der Waals surface area contributed by atoms with Crippen molar-refractivity contribution in [2.75, 3.05) is 20.5 Å². The van der Waals surface area contributed by atoms with Crippen LogP contribution in [-0.2, 0) is 21.9 Å². The Balaban J connectivity index is 2.58. The number of halogens is 1. The standard InChI is InChI=1S/C14H17BrN2O4/c1-4-20-14(18)12-10-5-9(21-8-19-3)7-16-13(10)17(2)11(12)6-15/h5,7H,4,6,8H2,1-3H3. The Morgan fingerprint density at radius 1 is 1.48 bits per heavy atom. The SMILES string of the molecule is CCOC(=O)c1c(CBr)n(C)c2ncc(OCOC)cc12. The lowest BCUT2D eigenvalue weighted by Gasteiger charge is -2.05. The van der Waals surface area contributed by atoms with Gasteiger partial charge in [0, 0.05) is 30.6 Å². The molecule has 0 N–H and O–H groups in total. The average molecular weight is 357 g/mol. The first-order valence-electron chi connectivity index (χ1n) is 6.46. The first-order valence-corrected chi connectivity index (χ1v) is 7.58. The number of hydrogen-bond acceptors (Lipinski definition) is 5. The van der Waals surface area contributed by atoms with Gasteiger partial charge in [-0.15, -0.1) is 0 Å². The van der Waals surface area contributed by atoms with E-state index in [9.17, 15) is 4.79 Å². The molecule has 21 heavy (non-hydrogen) atoms. The summed E-state index contributed by atoms with van der Waals surface area (Å²) >= 11 is 3.41. The number of pyridine rings is 1. The number of aromatic nitrogens is 2. The summed E-state index contributed by atoms with van der Waals surface area (Å²) < 4.78 is 17.3. The number of alkyl halides is 1. The molecule has 7 heteroatoms. The lowest BCUT2D eigenvalue weighted by atomic mass is 10.2. The molecule has 0 aromatic carbocycles. The minimum atomic E-state index is -0.358. The van der Waals surface area contributed by atoms with Crippen LogP contribution in [-0.4, -0.2) is 36.0 Å². The first kappa shape index (κ1) is 15.8. The molecule has 2 heterocycles. The van der Waals surface area contributed by atoms with Crippen LogP contribution in [0.2, 0.25) is 0 Å². The molecule has 0 fully saturated rings. The predicted octanol–water partition coefficient (Wildman–Crippen LogP) is 2.63. The highest BCUT2D eigenvalue weighted by molar-refractivity contribution is 9.08. The van der Waals surface area contributed by atoms with Crippen molar-refractivity contribution < 1.29 is 19.0 Å². The van der Waals surface area contributed by atoms with Gasteiger partial charge in [0.25, 0.3) is 0 Å². The Hall–Kier alpha value is -1.60. The van der Waals surface area contributed by atoms with Crippen LogP contribution >= 0.6 is 15.9 Å². The Kier molecular flexibility index (Phi) is 5.19. The van der Waals surface area contributed by atoms with Crippen LogP contribution in [0.4, 0.5) is 0 Å². The van der Waals surface area contributed by atoms with Gasteiger partial charge in [-0.05, 0) is 13.0 Å². The fraction of sp³-hybridized carbons (Fsp3) is 0.429. The largest absolute Gasteiger partial charge is 0.466 e. The third-order valence-electron chi connectivity index (χ3n) is 3.07.